The molecule has 0 saturated carbocycles. The smallest absolute Gasteiger partial charge is 0.306 e. The molecule has 3 rings (SSSR count). The maximum Gasteiger partial charge on any atom is 0.306 e. The first-order valence-corrected chi connectivity index (χ1v) is 18.7. The molecular weight excluding hydrogens is 644 g/mol. The summed E-state index contributed by atoms with van der Waals surface area (Å²) in [7, 11) is 0. The summed E-state index contributed by atoms with van der Waals surface area (Å²) in [4.78, 5) is 25.2. The molecule has 0 saturated heterocycles. The van der Waals surface area contributed by atoms with Crippen LogP contribution in [0.4, 0.5) is 0 Å². The first kappa shape index (κ1) is 40.4. The van der Waals surface area contributed by atoms with Crippen molar-refractivity contribution < 1.29 is 38.0 Å². The molecular formula is C40H57ClO8. The first-order valence-electron chi connectivity index (χ1n) is 18.4. The van der Waals surface area contributed by atoms with E-state index >= 15 is 0 Å². The summed E-state index contributed by atoms with van der Waals surface area (Å²) in [6.07, 6.45) is 9.20. The molecule has 0 amide bonds. The molecule has 272 valence electrons. The lowest BCUT2D eigenvalue weighted by atomic mass is 10.0. The predicted octanol–water partition coefficient (Wildman–Crippen LogP) is 10.0. The zero-order valence-corrected chi connectivity index (χ0v) is 30.8. The SMILES string of the molecule is CCCCCOCC(COc1c2ccccc2c(OCC(COCCCCC)OC(=O)CCCC)c2cc(Cl)ccc12)OC(=O)CCCC. The van der Waals surface area contributed by atoms with Crippen LogP contribution in [0, 0.1) is 0 Å². The van der Waals surface area contributed by atoms with Crippen molar-refractivity contribution in [2.75, 3.05) is 39.6 Å². The third-order valence-electron chi connectivity index (χ3n) is 8.17. The van der Waals surface area contributed by atoms with E-state index in [1.165, 1.54) is 0 Å². The minimum atomic E-state index is -0.574. The second-order valence-electron chi connectivity index (χ2n) is 12.5. The van der Waals surface area contributed by atoms with Gasteiger partial charge in [-0.25, -0.2) is 0 Å². The van der Waals surface area contributed by atoms with Crippen molar-refractivity contribution in [2.45, 2.75) is 117 Å². The van der Waals surface area contributed by atoms with Gasteiger partial charge in [-0.05, 0) is 43.9 Å². The second-order valence-corrected chi connectivity index (χ2v) is 12.9. The Balaban J connectivity index is 1.90. The highest BCUT2D eigenvalue weighted by molar-refractivity contribution is 6.31. The molecule has 0 radical (unpaired) electrons. The Hall–Kier alpha value is -3.07. The zero-order chi connectivity index (χ0) is 35.3. The Labute approximate surface area is 298 Å². The van der Waals surface area contributed by atoms with Gasteiger partial charge in [-0.1, -0.05) is 102 Å². The zero-order valence-electron chi connectivity index (χ0n) is 30.1. The lowest BCUT2D eigenvalue weighted by molar-refractivity contribution is -0.155. The molecule has 9 heteroatoms. The molecule has 8 nitrogen and oxygen atoms in total. The van der Waals surface area contributed by atoms with E-state index in [1.54, 1.807) is 0 Å². The average molecular weight is 701 g/mol. The summed E-state index contributed by atoms with van der Waals surface area (Å²) in [6, 6.07) is 13.4. The van der Waals surface area contributed by atoms with E-state index in [1.807, 2.05) is 56.3 Å². The Bertz CT molecular complexity index is 1410. The number of unbranched alkanes of at least 4 members (excludes halogenated alkanes) is 6. The number of ether oxygens (including phenoxy) is 6. The van der Waals surface area contributed by atoms with Crippen LogP contribution in [0.25, 0.3) is 21.5 Å². The monoisotopic (exact) mass is 700 g/mol. The van der Waals surface area contributed by atoms with Gasteiger partial charge in [0.2, 0.25) is 0 Å². The molecule has 0 spiro atoms. The van der Waals surface area contributed by atoms with Crippen LogP contribution >= 0.6 is 11.6 Å². The molecule has 0 N–H and O–H groups in total. The predicted molar refractivity (Wildman–Crippen MR) is 197 cm³/mol. The third kappa shape index (κ3) is 14.0. The summed E-state index contributed by atoms with van der Waals surface area (Å²) in [5, 5.41) is 3.75. The van der Waals surface area contributed by atoms with Gasteiger partial charge in [0.25, 0.3) is 0 Å². The van der Waals surface area contributed by atoms with E-state index in [9.17, 15) is 9.59 Å². The van der Waals surface area contributed by atoms with Gasteiger partial charge < -0.3 is 28.4 Å². The quantitative estimate of drug-likeness (QED) is 0.0464. The van der Waals surface area contributed by atoms with Crippen LogP contribution in [0.15, 0.2) is 42.5 Å². The van der Waals surface area contributed by atoms with Gasteiger partial charge in [0.15, 0.2) is 12.2 Å². The number of carbonyl (C=O) groups excluding carboxylic acids is 2. The number of carbonyl (C=O) groups is 2. The first-order chi connectivity index (χ1) is 23.9. The minimum Gasteiger partial charge on any atom is -0.488 e. The number of halogens is 1. The third-order valence-corrected chi connectivity index (χ3v) is 8.41. The van der Waals surface area contributed by atoms with Gasteiger partial charge in [0.05, 0.1) is 13.2 Å². The Morgan fingerprint density at radius 2 is 1.02 bits per heavy atom. The van der Waals surface area contributed by atoms with Crippen LogP contribution in [0.1, 0.15) is 105 Å². The van der Waals surface area contributed by atoms with E-state index in [0.717, 1.165) is 85.8 Å². The highest BCUT2D eigenvalue weighted by atomic mass is 35.5. The van der Waals surface area contributed by atoms with Crippen molar-refractivity contribution in [2.24, 2.45) is 0 Å². The van der Waals surface area contributed by atoms with Gasteiger partial charge >= 0.3 is 11.9 Å². The number of esters is 2. The van der Waals surface area contributed by atoms with Gasteiger partial charge in [-0.2, -0.15) is 0 Å². The summed E-state index contributed by atoms with van der Waals surface area (Å²) in [5.41, 5.74) is 0. The molecule has 0 aliphatic heterocycles. The standard InChI is InChI=1S/C40H57ClO8/c1-5-9-15-23-44-26-31(48-37(42)19-11-7-3)28-46-39-33-17-13-14-18-34(33)40(36-25-30(41)21-22-35(36)39)47-29-32(27-45-24-16-10-6-2)49-38(43)20-12-8-4/h13-14,17-18,21-22,25,31-32H,5-12,15-16,19-20,23-24,26-29H2,1-4H3. The molecule has 2 atom stereocenters. The van der Waals surface area contributed by atoms with E-state index in [-0.39, 0.29) is 38.4 Å². The summed E-state index contributed by atoms with van der Waals surface area (Å²) < 4.78 is 36.5. The van der Waals surface area contributed by atoms with Crippen LogP contribution in [0.2, 0.25) is 5.02 Å². The molecule has 0 aromatic heterocycles. The van der Waals surface area contributed by atoms with Crippen molar-refractivity contribution in [1.29, 1.82) is 0 Å². The van der Waals surface area contributed by atoms with Crippen molar-refractivity contribution in [1.82, 2.24) is 0 Å². The van der Waals surface area contributed by atoms with Crippen molar-refractivity contribution in [3.63, 3.8) is 0 Å². The van der Waals surface area contributed by atoms with Gasteiger partial charge in [0.1, 0.15) is 24.7 Å². The second kappa shape index (κ2) is 23.4. The summed E-state index contributed by atoms with van der Waals surface area (Å²) in [5.74, 6) is 0.741. The van der Waals surface area contributed by atoms with E-state index in [4.69, 9.17) is 40.0 Å². The van der Waals surface area contributed by atoms with Crippen LogP contribution < -0.4 is 9.47 Å². The van der Waals surface area contributed by atoms with Crippen molar-refractivity contribution in [3.05, 3.63) is 47.5 Å². The molecule has 0 fully saturated rings. The fraction of sp³-hybridized carbons (Fsp3) is 0.600. The maximum atomic E-state index is 12.6. The van der Waals surface area contributed by atoms with Crippen LogP contribution in [0.3, 0.4) is 0 Å². The number of fused-ring (bicyclic) bond motifs is 2. The number of hydrogen-bond acceptors (Lipinski definition) is 8. The topological polar surface area (TPSA) is 89.5 Å². The fourth-order valence-electron chi connectivity index (χ4n) is 5.44. The fourth-order valence-corrected chi connectivity index (χ4v) is 5.61. The normalized spacial score (nSPS) is 12.6. The van der Waals surface area contributed by atoms with Crippen molar-refractivity contribution in [3.8, 4) is 11.5 Å². The van der Waals surface area contributed by atoms with Crippen LogP contribution in [-0.2, 0) is 28.5 Å². The minimum absolute atomic E-state index is 0.114. The maximum absolute atomic E-state index is 12.6. The molecule has 0 aliphatic rings. The molecule has 0 aliphatic carbocycles. The Kier molecular flexibility index (Phi) is 19.2. The Morgan fingerprint density at radius 3 is 1.49 bits per heavy atom. The lowest BCUT2D eigenvalue weighted by Crippen LogP contribution is -2.30. The molecule has 3 aromatic rings. The van der Waals surface area contributed by atoms with Gasteiger partial charge in [-0.15, -0.1) is 0 Å². The van der Waals surface area contributed by atoms with Crippen LogP contribution in [-0.4, -0.2) is 63.8 Å². The highest BCUT2D eigenvalue weighted by Gasteiger charge is 2.22. The number of rotatable bonds is 26. The van der Waals surface area contributed by atoms with Gasteiger partial charge in [0, 0.05) is 52.6 Å². The average Bonchev–Trinajstić information content (AvgIpc) is 3.10. The van der Waals surface area contributed by atoms with Gasteiger partial charge in [-0.3, -0.25) is 9.59 Å². The van der Waals surface area contributed by atoms with E-state index in [2.05, 4.69) is 13.8 Å². The summed E-state index contributed by atoms with van der Waals surface area (Å²) in [6.45, 7) is 10.3. The molecule has 49 heavy (non-hydrogen) atoms. The van der Waals surface area contributed by atoms with E-state index < -0.39 is 12.2 Å². The number of hydrogen-bond donors (Lipinski definition) is 0. The summed E-state index contributed by atoms with van der Waals surface area (Å²) >= 11 is 6.54. The Morgan fingerprint density at radius 1 is 0.571 bits per heavy atom. The molecule has 0 heterocycles. The molecule has 0 bridgehead atoms. The lowest BCUT2D eigenvalue weighted by Gasteiger charge is -2.23. The molecule has 3 aromatic carbocycles. The van der Waals surface area contributed by atoms with Crippen LogP contribution in [0.5, 0.6) is 11.5 Å². The largest absolute Gasteiger partial charge is 0.488 e. The van der Waals surface area contributed by atoms with E-state index in [0.29, 0.717) is 42.6 Å². The highest BCUT2D eigenvalue weighted by Crippen LogP contribution is 2.43. The van der Waals surface area contributed by atoms with Crippen molar-refractivity contribution >= 4 is 45.1 Å². The molecule has 2 unspecified atom stereocenters. The number of benzene rings is 3.